The fourth-order valence-electron chi connectivity index (χ4n) is 1.03. The topological polar surface area (TPSA) is 55.5 Å². The fourth-order valence-corrected chi connectivity index (χ4v) is 1.84. The lowest BCUT2D eigenvalue weighted by Crippen LogP contribution is -2.49. The van der Waals surface area contributed by atoms with Crippen LogP contribution >= 0.6 is 11.3 Å². The molecule has 3 N–H and O–H groups in total. The Hall–Kier alpha value is -0.355. The minimum Gasteiger partial charge on any atom is -0.427 e. The van der Waals surface area contributed by atoms with Gasteiger partial charge in [-0.25, -0.2) is 0 Å². The van der Waals surface area contributed by atoms with Crippen molar-refractivity contribution >= 4 is 24.3 Å². The highest BCUT2D eigenvalue weighted by atomic mass is 32.1. The van der Waals surface area contributed by atoms with Crippen LogP contribution in [0.1, 0.15) is 45.5 Å². The maximum atomic E-state index is 9.95. The molecule has 3 nitrogen and oxygen atoms in total. The molecule has 1 aromatic rings. The minimum absolute atomic E-state index is 0.0458. The number of rotatable bonds is 5. The average Bonchev–Trinajstić information content (AvgIpc) is 2.61. The van der Waals surface area contributed by atoms with Crippen LogP contribution in [0.2, 0.25) is 0 Å². The number of thiophene rings is 1. The van der Waals surface area contributed by atoms with Crippen molar-refractivity contribution in [2.75, 3.05) is 0 Å². The molecule has 1 atom stereocenters. The first-order chi connectivity index (χ1) is 7.63. The highest BCUT2D eigenvalue weighted by Crippen LogP contribution is 2.24. The van der Waals surface area contributed by atoms with Crippen molar-refractivity contribution in [2.45, 2.75) is 51.9 Å². The van der Waals surface area contributed by atoms with Crippen molar-refractivity contribution in [1.82, 2.24) is 0 Å². The molecule has 5 heteroatoms. The predicted molar refractivity (Wildman–Crippen MR) is 73.8 cm³/mol. The molecular formula is C12H21BNO2S. The van der Waals surface area contributed by atoms with E-state index in [9.17, 15) is 5.11 Å². The van der Waals surface area contributed by atoms with Crippen molar-refractivity contribution < 1.29 is 9.76 Å². The summed E-state index contributed by atoms with van der Waals surface area (Å²) >= 11 is 1.62. The molecule has 95 valence electrons. The van der Waals surface area contributed by atoms with Crippen molar-refractivity contribution in [2.24, 2.45) is 5.73 Å². The molecule has 0 saturated heterocycles. The molecule has 0 aliphatic heterocycles. The van der Waals surface area contributed by atoms with Gasteiger partial charge in [0, 0.05) is 10.9 Å². The van der Waals surface area contributed by atoms with E-state index in [1.165, 1.54) is 0 Å². The molecule has 0 aliphatic rings. The van der Waals surface area contributed by atoms with Gasteiger partial charge in [0.1, 0.15) is 0 Å². The number of nitrogens with two attached hydrogens (primary N) is 1. The third kappa shape index (κ3) is 3.81. The van der Waals surface area contributed by atoms with Crippen molar-refractivity contribution in [3.8, 4) is 0 Å². The molecule has 1 radical (unpaired) electrons. The smallest absolute Gasteiger partial charge is 0.331 e. The zero-order valence-corrected chi connectivity index (χ0v) is 12.0. The lowest BCUT2D eigenvalue weighted by atomic mass is 9.83. The second-order valence-electron chi connectivity index (χ2n) is 5.38. The van der Waals surface area contributed by atoms with Gasteiger partial charge >= 0.3 is 7.48 Å². The lowest BCUT2D eigenvalue weighted by molar-refractivity contribution is -0.0893. The summed E-state index contributed by atoms with van der Waals surface area (Å²) in [5, 5.41) is 12.0. The molecule has 0 saturated carbocycles. The largest absolute Gasteiger partial charge is 0.427 e. The fraction of sp³-hybridized carbons (Fsp3) is 0.667. The van der Waals surface area contributed by atoms with Crippen LogP contribution in [0.4, 0.5) is 0 Å². The Balaban J connectivity index is 2.61. The third-order valence-electron chi connectivity index (χ3n) is 3.05. The first-order valence-electron chi connectivity index (χ1n) is 5.71. The van der Waals surface area contributed by atoms with E-state index in [4.69, 9.17) is 10.4 Å². The van der Waals surface area contributed by atoms with Crippen LogP contribution in [-0.4, -0.2) is 23.8 Å². The molecule has 0 fully saturated rings. The molecule has 0 aliphatic carbocycles. The Kier molecular flexibility index (Phi) is 4.41. The van der Waals surface area contributed by atoms with Crippen molar-refractivity contribution in [1.29, 1.82) is 0 Å². The van der Waals surface area contributed by atoms with E-state index in [1.54, 1.807) is 32.7 Å². The van der Waals surface area contributed by atoms with E-state index in [0.29, 0.717) is 0 Å². The van der Waals surface area contributed by atoms with Gasteiger partial charge in [-0.3, -0.25) is 0 Å². The molecule has 0 aromatic carbocycles. The van der Waals surface area contributed by atoms with E-state index >= 15 is 0 Å². The Bertz CT molecular complexity index is 369. The van der Waals surface area contributed by atoms with Gasteiger partial charge < -0.3 is 15.5 Å². The monoisotopic (exact) mass is 254 g/mol. The van der Waals surface area contributed by atoms with Crippen LogP contribution in [0.25, 0.3) is 0 Å². The Morgan fingerprint density at radius 3 is 2.41 bits per heavy atom. The first kappa shape index (κ1) is 14.7. The van der Waals surface area contributed by atoms with Crippen LogP contribution in [0.5, 0.6) is 0 Å². The van der Waals surface area contributed by atoms with Gasteiger partial charge in [-0.15, -0.1) is 11.3 Å². The Labute approximate surface area is 108 Å². The molecule has 1 aromatic heterocycles. The number of hydrogen-bond donors (Lipinski definition) is 2. The zero-order valence-electron chi connectivity index (χ0n) is 11.2. The summed E-state index contributed by atoms with van der Waals surface area (Å²) in [7, 11) is 1.68. The molecule has 0 amide bonds. The summed E-state index contributed by atoms with van der Waals surface area (Å²) in [5.74, 6) is 0. The van der Waals surface area contributed by atoms with Gasteiger partial charge in [0.2, 0.25) is 0 Å². The van der Waals surface area contributed by atoms with Gasteiger partial charge in [0.05, 0.1) is 11.2 Å². The summed E-state index contributed by atoms with van der Waals surface area (Å²) in [4.78, 5) is 1.13. The van der Waals surface area contributed by atoms with Gasteiger partial charge in [0.15, 0.2) is 0 Å². The molecule has 1 unspecified atom stereocenters. The standard InChI is InChI=1S/C12H21BNO2S/c1-8(14)10-6-9(7-17-10)13-16-12(4,5)11(2,3)15/h6-8,15H,14H2,1-5H3. The van der Waals surface area contributed by atoms with Crippen LogP contribution < -0.4 is 11.2 Å². The highest BCUT2D eigenvalue weighted by molar-refractivity contribution is 7.11. The van der Waals surface area contributed by atoms with E-state index in [0.717, 1.165) is 10.3 Å². The van der Waals surface area contributed by atoms with Crippen LogP contribution in [0.3, 0.4) is 0 Å². The molecule has 17 heavy (non-hydrogen) atoms. The summed E-state index contributed by atoms with van der Waals surface area (Å²) in [6.45, 7) is 9.16. The SMILES string of the molecule is CC(N)c1cc([B]OC(C)(C)C(C)(C)O)cs1. The van der Waals surface area contributed by atoms with Gasteiger partial charge in [-0.2, -0.15) is 0 Å². The maximum Gasteiger partial charge on any atom is 0.331 e. The average molecular weight is 254 g/mol. The van der Waals surface area contributed by atoms with E-state index in [1.807, 2.05) is 32.2 Å². The van der Waals surface area contributed by atoms with Crippen molar-refractivity contribution in [3.05, 3.63) is 16.3 Å². The van der Waals surface area contributed by atoms with Gasteiger partial charge in [-0.1, -0.05) is 6.07 Å². The molecule has 0 spiro atoms. The van der Waals surface area contributed by atoms with Crippen LogP contribution in [0, 0.1) is 0 Å². The normalized spacial score (nSPS) is 14.8. The van der Waals surface area contributed by atoms with E-state index in [2.05, 4.69) is 0 Å². The van der Waals surface area contributed by atoms with Gasteiger partial charge in [-0.05, 0) is 45.5 Å². The second kappa shape index (κ2) is 5.10. The van der Waals surface area contributed by atoms with E-state index in [-0.39, 0.29) is 6.04 Å². The zero-order chi connectivity index (χ0) is 13.3. The predicted octanol–water partition coefficient (Wildman–Crippen LogP) is 1.58. The number of hydrogen-bond acceptors (Lipinski definition) is 4. The van der Waals surface area contributed by atoms with Gasteiger partial charge in [0.25, 0.3) is 0 Å². The highest BCUT2D eigenvalue weighted by Gasteiger charge is 2.35. The summed E-state index contributed by atoms with van der Waals surface area (Å²) < 4.78 is 5.66. The minimum atomic E-state index is -0.899. The van der Waals surface area contributed by atoms with Crippen LogP contribution in [-0.2, 0) is 4.65 Å². The van der Waals surface area contributed by atoms with Crippen LogP contribution in [0.15, 0.2) is 11.4 Å². The number of aliphatic hydroxyl groups is 1. The Morgan fingerprint density at radius 2 is 2.00 bits per heavy atom. The summed E-state index contributed by atoms with van der Waals surface area (Å²) in [5.41, 5.74) is 5.24. The quantitative estimate of drug-likeness (QED) is 0.784. The maximum absolute atomic E-state index is 9.95. The second-order valence-corrected chi connectivity index (χ2v) is 6.32. The molecule has 0 bridgehead atoms. The molecule has 1 rings (SSSR count). The summed E-state index contributed by atoms with van der Waals surface area (Å²) in [6.07, 6.45) is 0. The Morgan fingerprint density at radius 1 is 1.41 bits per heavy atom. The summed E-state index contributed by atoms with van der Waals surface area (Å²) in [6, 6.07) is 2.06. The molecule has 1 heterocycles. The van der Waals surface area contributed by atoms with Crippen molar-refractivity contribution in [3.63, 3.8) is 0 Å². The van der Waals surface area contributed by atoms with E-state index < -0.39 is 11.2 Å². The first-order valence-corrected chi connectivity index (χ1v) is 6.59. The lowest BCUT2D eigenvalue weighted by Gasteiger charge is -2.37. The molecular weight excluding hydrogens is 233 g/mol. The third-order valence-corrected chi connectivity index (χ3v) is 4.20.